The quantitative estimate of drug-likeness (QED) is 0.819. The highest BCUT2D eigenvalue weighted by Crippen LogP contribution is 2.31. The third-order valence-corrected chi connectivity index (χ3v) is 4.76. The van der Waals surface area contributed by atoms with Crippen molar-refractivity contribution < 1.29 is 4.79 Å². The zero-order valence-electron chi connectivity index (χ0n) is 16.6. The number of fused-ring (bicyclic) bond motifs is 1. The third kappa shape index (κ3) is 4.20. The average molecular weight is 358 g/mol. The lowest BCUT2D eigenvalue weighted by atomic mass is 9.91. The van der Waals surface area contributed by atoms with E-state index in [1.165, 1.54) is 0 Å². The van der Waals surface area contributed by atoms with E-state index in [1.807, 2.05) is 23.7 Å². The first-order valence-electron chi connectivity index (χ1n) is 9.34. The molecule has 1 unspecified atom stereocenters. The standard InChI is InChI=1S/C19H30N6O/c1-19(2,3)12-15(26)24-9-6-14(13-24)16-17-18(21-8-7-20-17)25(22-16)11-10-23(4)5/h7-8,14H,6,9-13H2,1-5H3. The molecule has 1 atom stereocenters. The van der Waals surface area contributed by atoms with Gasteiger partial charge in [-0.25, -0.2) is 14.6 Å². The number of carbonyl (C=O) groups is 1. The Morgan fingerprint density at radius 3 is 2.69 bits per heavy atom. The number of carbonyl (C=O) groups excluding carboxylic acids is 1. The summed E-state index contributed by atoms with van der Waals surface area (Å²) in [6, 6.07) is 0. The van der Waals surface area contributed by atoms with Crippen molar-refractivity contribution in [1.29, 1.82) is 0 Å². The van der Waals surface area contributed by atoms with Gasteiger partial charge in [0.05, 0.1) is 12.2 Å². The van der Waals surface area contributed by atoms with Crippen LogP contribution >= 0.6 is 0 Å². The van der Waals surface area contributed by atoms with Crippen LogP contribution in [-0.4, -0.2) is 69.2 Å². The van der Waals surface area contributed by atoms with E-state index in [1.54, 1.807) is 12.4 Å². The Kier molecular flexibility index (Phi) is 5.27. The number of likely N-dealkylation sites (N-methyl/N-ethyl adjacent to an activating group) is 1. The van der Waals surface area contributed by atoms with Crippen LogP contribution in [0, 0.1) is 5.41 Å². The van der Waals surface area contributed by atoms with Gasteiger partial charge in [0.25, 0.3) is 0 Å². The summed E-state index contributed by atoms with van der Waals surface area (Å²) in [7, 11) is 4.10. The second kappa shape index (κ2) is 7.31. The molecule has 142 valence electrons. The fraction of sp³-hybridized carbons (Fsp3) is 0.684. The SMILES string of the molecule is CN(C)CCn1nc(C2CCN(C(=O)CC(C)(C)C)C2)c2nccnc21. The van der Waals surface area contributed by atoms with Crippen molar-refractivity contribution in [3.63, 3.8) is 0 Å². The fourth-order valence-corrected chi connectivity index (χ4v) is 3.43. The minimum absolute atomic E-state index is 0.0150. The molecule has 0 spiro atoms. The molecule has 26 heavy (non-hydrogen) atoms. The van der Waals surface area contributed by atoms with Crippen molar-refractivity contribution >= 4 is 17.1 Å². The molecule has 2 aromatic heterocycles. The maximum atomic E-state index is 12.6. The molecule has 0 aliphatic carbocycles. The van der Waals surface area contributed by atoms with Crippen molar-refractivity contribution in [3.05, 3.63) is 18.1 Å². The predicted molar refractivity (Wildman–Crippen MR) is 102 cm³/mol. The van der Waals surface area contributed by atoms with Gasteiger partial charge in [0.15, 0.2) is 5.65 Å². The van der Waals surface area contributed by atoms with Crippen molar-refractivity contribution in [3.8, 4) is 0 Å². The fourth-order valence-electron chi connectivity index (χ4n) is 3.43. The number of aromatic nitrogens is 4. The van der Waals surface area contributed by atoms with Gasteiger partial charge in [0.1, 0.15) is 5.52 Å². The van der Waals surface area contributed by atoms with E-state index in [9.17, 15) is 4.79 Å². The van der Waals surface area contributed by atoms with Crippen LogP contribution in [0.3, 0.4) is 0 Å². The van der Waals surface area contributed by atoms with Gasteiger partial charge in [0, 0.05) is 44.4 Å². The van der Waals surface area contributed by atoms with Gasteiger partial charge in [-0.05, 0) is 25.9 Å². The van der Waals surface area contributed by atoms with Crippen LogP contribution < -0.4 is 0 Å². The lowest BCUT2D eigenvalue weighted by Crippen LogP contribution is -2.31. The lowest BCUT2D eigenvalue weighted by Gasteiger charge is -2.22. The van der Waals surface area contributed by atoms with Gasteiger partial charge < -0.3 is 9.80 Å². The summed E-state index contributed by atoms with van der Waals surface area (Å²) in [5.74, 6) is 0.473. The van der Waals surface area contributed by atoms with E-state index in [0.717, 1.165) is 49.5 Å². The molecule has 3 rings (SSSR count). The third-order valence-electron chi connectivity index (χ3n) is 4.76. The van der Waals surface area contributed by atoms with E-state index in [0.29, 0.717) is 6.42 Å². The largest absolute Gasteiger partial charge is 0.342 e. The van der Waals surface area contributed by atoms with Gasteiger partial charge in [-0.3, -0.25) is 4.79 Å². The molecule has 0 saturated carbocycles. The Labute approximate surface area is 155 Å². The highest BCUT2D eigenvalue weighted by Gasteiger charge is 2.32. The van der Waals surface area contributed by atoms with E-state index in [-0.39, 0.29) is 17.2 Å². The van der Waals surface area contributed by atoms with Crippen molar-refractivity contribution in [1.82, 2.24) is 29.5 Å². The van der Waals surface area contributed by atoms with Crippen LogP contribution in [0.1, 0.15) is 45.2 Å². The number of hydrogen-bond acceptors (Lipinski definition) is 5. The van der Waals surface area contributed by atoms with E-state index in [4.69, 9.17) is 5.10 Å². The second-order valence-electron chi connectivity index (χ2n) is 8.70. The van der Waals surface area contributed by atoms with Crippen molar-refractivity contribution in [2.45, 2.75) is 46.1 Å². The molecular formula is C19H30N6O. The maximum Gasteiger partial charge on any atom is 0.223 e. The average Bonchev–Trinajstić information content (AvgIpc) is 3.16. The van der Waals surface area contributed by atoms with Gasteiger partial charge in [-0.15, -0.1) is 0 Å². The number of rotatable bonds is 5. The molecule has 7 heteroatoms. The van der Waals surface area contributed by atoms with Crippen LogP contribution in [0.15, 0.2) is 12.4 Å². The van der Waals surface area contributed by atoms with Crippen LogP contribution in [0.2, 0.25) is 0 Å². The molecule has 1 fully saturated rings. The molecule has 0 bridgehead atoms. The lowest BCUT2D eigenvalue weighted by molar-refractivity contribution is -0.132. The van der Waals surface area contributed by atoms with E-state index >= 15 is 0 Å². The second-order valence-corrected chi connectivity index (χ2v) is 8.70. The Hall–Kier alpha value is -2.02. The molecular weight excluding hydrogens is 328 g/mol. The Bertz CT molecular complexity index is 776. The van der Waals surface area contributed by atoms with Crippen molar-refractivity contribution in [2.75, 3.05) is 33.7 Å². The number of hydrogen-bond donors (Lipinski definition) is 0. The van der Waals surface area contributed by atoms with Crippen LogP contribution in [0.25, 0.3) is 11.2 Å². The zero-order valence-corrected chi connectivity index (χ0v) is 16.6. The van der Waals surface area contributed by atoms with Gasteiger partial charge in [0.2, 0.25) is 5.91 Å². The minimum Gasteiger partial charge on any atom is -0.342 e. The molecule has 1 aliphatic rings. The smallest absolute Gasteiger partial charge is 0.223 e. The summed E-state index contributed by atoms with van der Waals surface area (Å²) in [4.78, 5) is 25.7. The molecule has 3 heterocycles. The first kappa shape index (κ1) is 18.8. The molecule has 1 saturated heterocycles. The van der Waals surface area contributed by atoms with Crippen LogP contribution in [0.5, 0.6) is 0 Å². The van der Waals surface area contributed by atoms with Crippen LogP contribution in [-0.2, 0) is 11.3 Å². The molecule has 0 aromatic carbocycles. The Balaban J connectivity index is 1.79. The van der Waals surface area contributed by atoms with E-state index in [2.05, 4.69) is 35.6 Å². The molecule has 1 amide bonds. The minimum atomic E-state index is 0.0150. The van der Waals surface area contributed by atoms with Crippen LogP contribution in [0.4, 0.5) is 0 Å². The topological polar surface area (TPSA) is 67.2 Å². The van der Waals surface area contributed by atoms with Gasteiger partial charge in [-0.1, -0.05) is 20.8 Å². The zero-order chi connectivity index (χ0) is 18.9. The summed E-state index contributed by atoms with van der Waals surface area (Å²) in [5, 5.41) is 4.84. The van der Waals surface area contributed by atoms with Gasteiger partial charge >= 0.3 is 0 Å². The Morgan fingerprint density at radius 1 is 1.27 bits per heavy atom. The van der Waals surface area contributed by atoms with Gasteiger partial charge in [-0.2, -0.15) is 5.10 Å². The number of likely N-dealkylation sites (tertiary alicyclic amines) is 1. The molecule has 1 aliphatic heterocycles. The highest BCUT2D eigenvalue weighted by atomic mass is 16.2. The summed E-state index contributed by atoms with van der Waals surface area (Å²) in [6.45, 7) is 9.52. The molecule has 2 aromatic rings. The predicted octanol–water partition coefficient (Wildman–Crippen LogP) is 2.14. The highest BCUT2D eigenvalue weighted by molar-refractivity contribution is 5.78. The number of amides is 1. The maximum absolute atomic E-state index is 12.6. The Morgan fingerprint density at radius 2 is 2.00 bits per heavy atom. The summed E-state index contributed by atoms with van der Waals surface area (Å²) in [6.07, 6.45) is 4.96. The van der Waals surface area contributed by atoms with E-state index < -0.39 is 0 Å². The summed E-state index contributed by atoms with van der Waals surface area (Å²) >= 11 is 0. The molecule has 0 radical (unpaired) electrons. The first-order valence-corrected chi connectivity index (χ1v) is 9.34. The number of nitrogens with zero attached hydrogens (tertiary/aromatic N) is 6. The molecule has 7 nitrogen and oxygen atoms in total. The van der Waals surface area contributed by atoms with Crippen molar-refractivity contribution in [2.24, 2.45) is 5.41 Å². The normalized spacial score (nSPS) is 18.2. The summed E-state index contributed by atoms with van der Waals surface area (Å²) < 4.78 is 1.96. The first-order chi connectivity index (χ1) is 12.2. The monoisotopic (exact) mass is 358 g/mol. The molecule has 0 N–H and O–H groups in total. The summed E-state index contributed by atoms with van der Waals surface area (Å²) in [5.41, 5.74) is 2.71.